The number of rotatable bonds is 7. The second-order valence-corrected chi connectivity index (χ2v) is 4.67. The van der Waals surface area contributed by atoms with Crippen molar-refractivity contribution in [1.82, 2.24) is 0 Å². The number of aliphatic hydroxyl groups is 1. The van der Waals surface area contributed by atoms with Crippen molar-refractivity contribution in [3.05, 3.63) is 35.9 Å². The fourth-order valence-corrected chi connectivity index (χ4v) is 1.88. The Hall–Kier alpha value is -1.26. The van der Waals surface area contributed by atoms with E-state index in [1.165, 1.54) is 24.8 Å². The van der Waals surface area contributed by atoms with Crippen molar-refractivity contribution >= 4 is 0 Å². The first-order valence-electron chi connectivity index (χ1n) is 7.03. The van der Waals surface area contributed by atoms with Crippen molar-refractivity contribution in [3.8, 4) is 11.8 Å². The third-order valence-electron chi connectivity index (χ3n) is 2.98. The van der Waals surface area contributed by atoms with Crippen molar-refractivity contribution in [3.63, 3.8) is 0 Å². The summed E-state index contributed by atoms with van der Waals surface area (Å²) in [5.74, 6) is 6.01. The van der Waals surface area contributed by atoms with Crippen LogP contribution in [0.3, 0.4) is 0 Å². The first-order chi connectivity index (χ1) is 8.83. The van der Waals surface area contributed by atoms with Gasteiger partial charge in [-0.15, -0.1) is 5.92 Å². The molecule has 98 valence electrons. The van der Waals surface area contributed by atoms with Gasteiger partial charge in [0.25, 0.3) is 0 Å². The predicted molar refractivity (Wildman–Crippen MR) is 77.3 cm³/mol. The Kier molecular flexibility index (Phi) is 8.01. The fraction of sp³-hybridized carbons (Fsp3) is 0.529. The van der Waals surface area contributed by atoms with Gasteiger partial charge in [-0.2, -0.15) is 0 Å². The fourth-order valence-electron chi connectivity index (χ4n) is 1.88. The van der Waals surface area contributed by atoms with E-state index in [-0.39, 0.29) is 0 Å². The Morgan fingerprint density at radius 1 is 1.11 bits per heavy atom. The average Bonchev–Trinajstić information content (AvgIpc) is 2.41. The molecule has 1 atom stereocenters. The molecule has 1 N–H and O–H groups in total. The van der Waals surface area contributed by atoms with Crippen molar-refractivity contribution in [2.75, 3.05) is 0 Å². The first kappa shape index (κ1) is 14.8. The van der Waals surface area contributed by atoms with Crippen molar-refractivity contribution < 1.29 is 5.11 Å². The summed E-state index contributed by atoms with van der Waals surface area (Å²) >= 11 is 0. The van der Waals surface area contributed by atoms with Crippen LogP contribution >= 0.6 is 0 Å². The highest BCUT2D eigenvalue weighted by atomic mass is 16.3. The number of unbranched alkanes of at least 4 members (excludes halogenated alkanes) is 3. The Labute approximate surface area is 111 Å². The molecule has 0 bridgehead atoms. The zero-order valence-corrected chi connectivity index (χ0v) is 11.4. The maximum Gasteiger partial charge on any atom is 0.114 e. The van der Waals surface area contributed by atoms with Crippen molar-refractivity contribution in [2.45, 2.75) is 58.0 Å². The molecule has 18 heavy (non-hydrogen) atoms. The normalized spacial score (nSPS) is 11.7. The van der Waals surface area contributed by atoms with E-state index in [0.29, 0.717) is 0 Å². The molecule has 1 rings (SSSR count). The maximum atomic E-state index is 9.67. The second-order valence-electron chi connectivity index (χ2n) is 4.67. The maximum absolute atomic E-state index is 9.67. The molecule has 0 aliphatic heterocycles. The molecule has 0 saturated carbocycles. The van der Waals surface area contributed by atoms with E-state index < -0.39 is 6.10 Å². The minimum absolute atomic E-state index is 0.433. The van der Waals surface area contributed by atoms with Gasteiger partial charge in [0.05, 0.1) is 0 Å². The molecule has 1 aromatic carbocycles. The molecule has 0 heterocycles. The predicted octanol–water partition coefficient (Wildman–Crippen LogP) is 3.95. The van der Waals surface area contributed by atoms with Gasteiger partial charge >= 0.3 is 0 Å². The van der Waals surface area contributed by atoms with Gasteiger partial charge in [-0.05, 0) is 24.8 Å². The molecule has 0 spiro atoms. The van der Waals surface area contributed by atoms with E-state index in [9.17, 15) is 5.11 Å². The van der Waals surface area contributed by atoms with Gasteiger partial charge in [0.15, 0.2) is 0 Å². The molecular formula is C17H24O. The van der Waals surface area contributed by atoms with Crippen LogP contribution in [0, 0.1) is 11.8 Å². The van der Waals surface area contributed by atoms with E-state index in [4.69, 9.17) is 0 Å². The van der Waals surface area contributed by atoms with Crippen LogP contribution in [-0.2, 0) is 6.42 Å². The third-order valence-corrected chi connectivity index (χ3v) is 2.98. The molecule has 0 radical (unpaired) electrons. The summed E-state index contributed by atoms with van der Waals surface area (Å²) in [7, 11) is 0. The van der Waals surface area contributed by atoms with E-state index >= 15 is 0 Å². The molecule has 0 fully saturated rings. The summed E-state index contributed by atoms with van der Waals surface area (Å²) in [6.07, 6.45) is 6.97. The topological polar surface area (TPSA) is 20.2 Å². The van der Waals surface area contributed by atoms with Crippen LogP contribution in [-0.4, -0.2) is 11.2 Å². The molecular weight excluding hydrogens is 220 g/mol. The van der Waals surface area contributed by atoms with Crippen molar-refractivity contribution in [1.29, 1.82) is 0 Å². The Morgan fingerprint density at radius 3 is 2.61 bits per heavy atom. The highest BCUT2D eigenvalue weighted by Crippen LogP contribution is 2.05. The lowest BCUT2D eigenvalue weighted by atomic mass is 10.1. The number of aliphatic hydroxyl groups excluding tert-OH is 1. The lowest BCUT2D eigenvalue weighted by molar-refractivity contribution is 0.217. The molecule has 0 aliphatic carbocycles. The molecule has 1 aromatic rings. The quantitative estimate of drug-likeness (QED) is 0.568. The molecule has 1 heteroatoms. The number of hydrogen-bond acceptors (Lipinski definition) is 1. The van der Waals surface area contributed by atoms with E-state index in [2.05, 4.69) is 30.9 Å². The zero-order chi connectivity index (χ0) is 13.1. The molecule has 0 saturated heterocycles. The van der Waals surface area contributed by atoms with Crippen LogP contribution in [0.1, 0.15) is 51.0 Å². The summed E-state index contributed by atoms with van der Waals surface area (Å²) in [5.41, 5.74) is 1.31. The second kappa shape index (κ2) is 9.74. The minimum Gasteiger partial charge on any atom is -0.380 e. The summed E-state index contributed by atoms with van der Waals surface area (Å²) in [5, 5.41) is 9.67. The molecule has 0 aromatic heterocycles. The van der Waals surface area contributed by atoms with Gasteiger partial charge in [0.2, 0.25) is 0 Å². The van der Waals surface area contributed by atoms with Crippen LogP contribution in [0.4, 0.5) is 0 Å². The average molecular weight is 244 g/mol. The van der Waals surface area contributed by atoms with Crippen LogP contribution in [0.25, 0.3) is 0 Å². The summed E-state index contributed by atoms with van der Waals surface area (Å²) < 4.78 is 0. The van der Waals surface area contributed by atoms with Crippen LogP contribution in [0.2, 0.25) is 0 Å². The number of benzene rings is 1. The largest absolute Gasteiger partial charge is 0.380 e. The Bertz CT molecular complexity index is 358. The number of hydrogen-bond donors (Lipinski definition) is 1. The Balaban J connectivity index is 2.13. The van der Waals surface area contributed by atoms with E-state index in [1.54, 1.807) is 0 Å². The monoisotopic (exact) mass is 244 g/mol. The van der Waals surface area contributed by atoms with E-state index in [1.807, 2.05) is 18.2 Å². The highest BCUT2D eigenvalue weighted by Gasteiger charge is 1.97. The molecule has 0 amide bonds. The standard InChI is InChI=1S/C17H24O/c1-2-3-4-8-14-17(18)15-10-9-13-16-11-6-5-7-12-16/h5-7,11-12,17-18H,2-4,8-9,13-14H2,1H3. The zero-order valence-electron chi connectivity index (χ0n) is 11.4. The lowest BCUT2D eigenvalue weighted by Crippen LogP contribution is -2.02. The summed E-state index contributed by atoms with van der Waals surface area (Å²) in [6, 6.07) is 10.3. The lowest BCUT2D eigenvalue weighted by Gasteiger charge is -2.02. The van der Waals surface area contributed by atoms with Crippen LogP contribution in [0.15, 0.2) is 30.3 Å². The van der Waals surface area contributed by atoms with Gasteiger partial charge in [-0.1, -0.05) is 62.4 Å². The summed E-state index contributed by atoms with van der Waals surface area (Å²) in [6.45, 7) is 2.19. The molecule has 1 nitrogen and oxygen atoms in total. The SMILES string of the molecule is CCCCCCC(O)C#CCCc1ccccc1. The van der Waals surface area contributed by atoms with Crippen LogP contribution < -0.4 is 0 Å². The van der Waals surface area contributed by atoms with E-state index in [0.717, 1.165) is 25.7 Å². The van der Waals surface area contributed by atoms with Gasteiger partial charge in [-0.25, -0.2) is 0 Å². The van der Waals surface area contributed by atoms with Gasteiger partial charge in [0, 0.05) is 6.42 Å². The highest BCUT2D eigenvalue weighted by molar-refractivity contribution is 5.16. The number of aryl methyl sites for hydroxylation is 1. The Morgan fingerprint density at radius 2 is 1.89 bits per heavy atom. The van der Waals surface area contributed by atoms with Crippen molar-refractivity contribution in [2.24, 2.45) is 0 Å². The molecule has 0 aliphatic rings. The van der Waals surface area contributed by atoms with Gasteiger partial charge in [-0.3, -0.25) is 0 Å². The van der Waals surface area contributed by atoms with Gasteiger partial charge < -0.3 is 5.11 Å². The smallest absolute Gasteiger partial charge is 0.114 e. The van der Waals surface area contributed by atoms with Crippen LogP contribution in [0.5, 0.6) is 0 Å². The third kappa shape index (κ3) is 7.14. The minimum atomic E-state index is -0.433. The van der Waals surface area contributed by atoms with Gasteiger partial charge in [0.1, 0.15) is 6.10 Å². The summed E-state index contributed by atoms with van der Waals surface area (Å²) in [4.78, 5) is 0. The first-order valence-corrected chi connectivity index (χ1v) is 7.03. The molecule has 1 unspecified atom stereocenters.